The van der Waals surface area contributed by atoms with Crippen molar-refractivity contribution in [1.29, 1.82) is 0 Å². The molecule has 0 aliphatic carbocycles. The van der Waals surface area contributed by atoms with Gasteiger partial charge in [0, 0.05) is 16.5 Å². The lowest BCUT2D eigenvalue weighted by molar-refractivity contribution is -0.245. The molecule has 0 saturated carbocycles. The van der Waals surface area contributed by atoms with Crippen LogP contribution in [0.25, 0.3) is 0 Å². The fourth-order valence-corrected chi connectivity index (χ4v) is 8.87. The first-order chi connectivity index (χ1) is 16.4. The van der Waals surface area contributed by atoms with Crippen molar-refractivity contribution in [2.75, 3.05) is 24.7 Å². The van der Waals surface area contributed by atoms with Gasteiger partial charge in [-0.1, -0.05) is 30.3 Å². The summed E-state index contributed by atoms with van der Waals surface area (Å²) in [5, 5.41) is -0.0310. The molecular weight excluding hydrogens is 500 g/mol. The Bertz CT molecular complexity index is 1000. The smallest absolute Gasteiger partial charge is 0.348 e. The first-order valence-corrected chi connectivity index (χ1v) is 14.7. The summed E-state index contributed by atoms with van der Waals surface area (Å²) < 4.78 is 74.0. The highest BCUT2D eigenvalue weighted by atomic mass is 32.3. The van der Waals surface area contributed by atoms with Crippen molar-refractivity contribution in [2.24, 2.45) is 0 Å². The Morgan fingerprint density at radius 1 is 1.03 bits per heavy atom. The van der Waals surface area contributed by atoms with Gasteiger partial charge in [-0.15, -0.1) is 0 Å². The SMILES string of the molecule is CC1(C)O[C@@H]2[C@@H]([C@H]3COC(C)(C)O3)[S+](C[C@H]3OC(c4ccccc4)OC[C@@H]3OS(=O)(=O)O)C[C@@H]2O1. The van der Waals surface area contributed by atoms with Gasteiger partial charge in [-0.2, -0.15) is 8.42 Å². The highest BCUT2D eigenvalue weighted by Crippen LogP contribution is 2.44. The summed E-state index contributed by atoms with van der Waals surface area (Å²) in [6.45, 7) is 7.96. The number of fused-ring (bicyclic) bond motifs is 1. The topological polar surface area (TPSA) is 119 Å². The van der Waals surface area contributed by atoms with E-state index in [0.717, 1.165) is 5.56 Å². The van der Waals surface area contributed by atoms with Gasteiger partial charge in [0.25, 0.3) is 0 Å². The van der Waals surface area contributed by atoms with E-state index in [4.69, 9.17) is 32.6 Å². The maximum atomic E-state index is 11.6. The van der Waals surface area contributed by atoms with E-state index in [-0.39, 0.29) is 41.1 Å². The third kappa shape index (κ3) is 5.87. The predicted molar refractivity (Wildman–Crippen MR) is 126 cm³/mol. The molecule has 1 N–H and O–H groups in total. The fraction of sp³-hybridized carbons (Fsp3) is 0.739. The highest BCUT2D eigenvalue weighted by Gasteiger charge is 2.64. The number of benzene rings is 1. The molecule has 0 radical (unpaired) electrons. The van der Waals surface area contributed by atoms with Gasteiger partial charge in [0.15, 0.2) is 23.1 Å². The molecule has 5 rings (SSSR count). The van der Waals surface area contributed by atoms with Crippen molar-refractivity contribution >= 4 is 21.3 Å². The van der Waals surface area contributed by atoms with Crippen LogP contribution in [0, 0.1) is 0 Å². The quantitative estimate of drug-likeness (QED) is 0.429. The maximum Gasteiger partial charge on any atom is 0.397 e. The Hall–Kier alpha value is -0.800. The van der Waals surface area contributed by atoms with Gasteiger partial charge < -0.3 is 28.4 Å². The van der Waals surface area contributed by atoms with Crippen molar-refractivity contribution in [3.8, 4) is 0 Å². The van der Waals surface area contributed by atoms with Gasteiger partial charge >= 0.3 is 10.4 Å². The zero-order valence-corrected chi connectivity index (χ0v) is 21.8. The molecular formula is C23H33O10S2+. The third-order valence-corrected chi connectivity index (χ3v) is 9.87. The van der Waals surface area contributed by atoms with Crippen molar-refractivity contribution in [2.45, 2.75) is 81.3 Å². The molecule has 0 aromatic heterocycles. The zero-order valence-electron chi connectivity index (χ0n) is 20.2. The molecule has 196 valence electrons. The van der Waals surface area contributed by atoms with Crippen LogP contribution in [-0.2, 0) is 53.9 Å². The van der Waals surface area contributed by atoms with Gasteiger partial charge in [-0.3, -0.25) is 4.55 Å². The summed E-state index contributed by atoms with van der Waals surface area (Å²) in [7, 11) is -5.04. The number of hydrogen-bond acceptors (Lipinski definition) is 9. The van der Waals surface area contributed by atoms with Crippen molar-refractivity contribution < 1.29 is 45.6 Å². The molecule has 4 saturated heterocycles. The van der Waals surface area contributed by atoms with E-state index in [2.05, 4.69) is 0 Å². The van der Waals surface area contributed by atoms with Crippen LogP contribution >= 0.6 is 0 Å². The molecule has 0 bridgehead atoms. The van der Waals surface area contributed by atoms with Crippen LogP contribution in [-0.4, -0.2) is 85.0 Å². The van der Waals surface area contributed by atoms with Crippen LogP contribution in [0.15, 0.2) is 30.3 Å². The molecule has 4 aliphatic heterocycles. The Morgan fingerprint density at radius 2 is 1.74 bits per heavy atom. The molecule has 0 amide bonds. The Kier molecular flexibility index (Phi) is 7.01. The Labute approximate surface area is 208 Å². The van der Waals surface area contributed by atoms with Crippen LogP contribution in [0.1, 0.15) is 39.5 Å². The van der Waals surface area contributed by atoms with E-state index in [0.29, 0.717) is 18.1 Å². The van der Waals surface area contributed by atoms with Crippen LogP contribution in [0.4, 0.5) is 0 Å². The van der Waals surface area contributed by atoms with Crippen LogP contribution in [0.3, 0.4) is 0 Å². The molecule has 10 nitrogen and oxygen atoms in total. The van der Waals surface area contributed by atoms with Crippen LogP contribution in [0.5, 0.6) is 0 Å². The number of ether oxygens (including phenoxy) is 6. The standard InChI is InChI=1S/C23H32O10S2/c1-22(2)28-11-16(30-22)20-19-18(31-23(3,4)32-19)13-34(20)12-17-15(33-35(24,25)26)10-27-21(29-17)14-8-6-5-7-9-14/h5-9,15-21H,10-13H2,1-4H3/p+1/t15-,16+,17+,18-,19-,20+,21?,34?/m0/s1. The van der Waals surface area contributed by atoms with Gasteiger partial charge in [0.05, 0.1) is 13.2 Å². The molecule has 35 heavy (non-hydrogen) atoms. The van der Waals surface area contributed by atoms with E-state index < -0.39 is 40.5 Å². The number of hydrogen-bond donors (Lipinski definition) is 1. The van der Waals surface area contributed by atoms with E-state index in [9.17, 15) is 13.0 Å². The third-order valence-electron chi connectivity index (χ3n) is 6.53. The van der Waals surface area contributed by atoms with Crippen molar-refractivity contribution in [3.05, 3.63) is 35.9 Å². The summed E-state index contributed by atoms with van der Waals surface area (Å²) in [4.78, 5) is 0. The minimum absolute atomic E-state index is 0.0310. The lowest BCUT2D eigenvalue weighted by Gasteiger charge is -2.35. The lowest BCUT2D eigenvalue weighted by atomic mass is 10.1. The minimum Gasteiger partial charge on any atom is -0.348 e. The maximum absolute atomic E-state index is 11.6. The van der Waals surface area contributed by atoms with E-state index in [1.807, 2.05) is 58.0 Å². The Balaban J connectivity index is 1.38. The van der Waals surface area contributed by atoms with Crippen LogP contribution in [0.2, 0.25) is 0 Å². The van der Waals surface area contributed by atoms with Gasteiger partial charge in [0.1, 0.15) is 42.0 Å². The molecule has 1 aromatic carbocycles. The summed E-state index contributed by atoms with van der Waals surface area (Å²) in [6, 6.07) is 9.41. The lowest BCUT2D eigenvalue weighted by Crippen LogP contribution is -2.50. The zero-order chi connectivity index (χ0) is 25.0. The fourth-order valence-electron chi connectivity index (χ4n) is 5.23. The predicted octanol–water partition coefficient (Wildman–Crippen LogP) is 1.96. The summed E-state index contributed by atoms with van der Waals surface area (Å²) >= 11 is 0. The van der Waals surface area contributed by atoms with E-state index >= 15 is 0 Å². The molecule has 0 spiro atoms. The number of rotatable bonds is 6. The van der Waals surface area contributed by atoms with Crippen molar-refractivity contribution in [1.82, 2.24) is 0 Å². The molecule has 2 unspecified atom stereocenters. The second-order valence-corrected chi connectivity index (χ2v) is 13.5. The second kappa shape index (κ2) is 9.50. The average molecular weight is 534 g/mol. The van der Waals surface area contributed by atoms with Crippen molar-refractivity contribution in [3.63, 3.8) is 0 Å². The van der Waals surface area contributed by atoms with E-state index in [1.165, 1.54) is 0 Å². The molecule has 4 heterocycles. The first-order valence-electron chi connectivity index (χ1n) is 11.7. The molecule has 4 aliphatic rings. The summed E-state index contributed by atoms with van der Waals surface area (Å²) in [5.74, 6) is -0.203. The minimum atomic E-state index is -4.70. The summed E-state index contributed by atoms with van der Waals surface area (Å²) in [6.07, 6.45) is -2.81. The highest BCUT2D eigenvalue weighted by molar-refractivity contribution is 7.97. The molecule has 8 atom stereocenters. The summed E-state index contributed by atoms with van der Waals surface area (Å²) in [5.41, 5.74) is 0.814. The molecule has 12 heteroatoms. The van der Waals surface area contributed by atoms with Gasteiger partial charge in [0.2, 0.25) is 0 Å². The largest absolute Gasteiger partial charge is 0.397 e. The average Bonchev–Trinajstić information content (AvgIpc) is 3.36. The monoisotopic (exact) mass is 533 g/mol. The van der Waals surface area contributed by atoms with Gasteiger partial charge in [-0.25, -0.2) is 4.18 Å². The normalized spacial score (nSPS) is 40.6. The molecule has 1 aromatic rings. The Morgan fingerprint density at radius 3 is 2.40 bits per heavy atom. The first kappa shape index (κ1) is 25.8. The second-order valence-electron chi connectivity index (χ2n) is 10.2. The van der Waals surface area contributed by atoms with E-state index in [1.54, 1.807) is 0 Å². The van der Waals surface area contributed by atoms with Crippen LogP contribution < -0.4 is 0 Å². The van der Waals surface area contributed by atoms with Gasteiger partial charge in [-0.05, 0) is 27.7 Å². The molecule has 4 fully saturated rings.